The Labute approximate surface area is 109 Å². The lowest BCUT2D eigenvalue weighted by Gasteiger charge is -2.23. The van der Waals surface area contributed by atoms with Crippen LogP contribution in [0.1, 0.15) is 45.1 Å². The molecule has 0 saturated carbocycles. The van der Waals surface area contributed by atoms with Crippen molar-refractivity contribution in [1.82, 2.24) is 5.32 Å². The molecule has 1 heterocycles. The Morgan fingerprint density at radius 1 is 1.33 bits per heavy atom. The van der Waals surface area contributed by atoms with E-state index in [-0.39, 0.29) is 5.91 Å². The number of nitrogens with one attached hydrogen (secondary N) is 2. The zero-order chi connectivity index (χ0) is 13.2. The normalized spacial score (nSPS) is 23.3. The Bertz CT molecular complexity index is 417. The van der Waals surface area contributed by atoms with Gasteiger partial charge in [-0.05, 0) is 49.9 Å². The van der Waals surface area contributed by atoms with Crippen molar-refractivity contribution >= 4 is 11.6 Å². The number of hydrogen-bond acceptors (Lipinski definition) is 2. The molecule has 1 atom stereocenters. The van der Waals surface area contributed by atoms with E-state index >= 15 is 0 Å². The van der Waals surface area contributed by atoms with Crippen LogP contribution in [0, 0.1) is 0 Å². The van der Waals surface area contributed by atoms with Crippen molar-refractivity contribution in [3.8, 4) is 0 Å². The molecule has 0 aromatic heterocycles. The van der Waals surface area contributed by atoms with Crippen molar-refractivity contribution in [2.45, 2.75) is 45.1 Å². The largest absolute Gasteiger partial charge is 0.324 e. The maximum Gasteiger partial charge on any atom is 0.244 e. The third kappa shape index (κ3) is 2.72. The summed E-state index contributed by atoms with van der Waals surface area (Å²) in [5.74, 6) is 0.584. The van der Waals surface area contributed by atoms with Gasteiger partial charge in [0.15, 0.2) is 0 Å². The second kappa shape index (κ2) is 5.11. The molecule has 2 N–H and O–H groups in total. The van der Waals surface area contributed by atoms with E-state index in [4.69, 9.17) is 0 Å². The summed E-state index contributed by atoms with van der Waals surface area (Å²) in [7, 11) is 0. The molecule has 0 radical (unpaired) electrons. The summed E-state index contributed by atoms with van der Waals surface area (Å²) in [6.07, 6.45) is 1.97. The van der Waals surface area contributed by atoms with Crippen LogP contribution in [-0.2, 0) is 4.79 Å². The first kappa shape index (κ1) is 13.1. The monoisotopic (exact) mass is 246 g/mol. The van der Waals surface area contributed by atoms with Crippen molar-refractivity contribution in [2.75, 3.05) is 11.9 Å². The molecule has 1 unspecified atom stereocenters. The van der Waals surface area contributed by atoms with Gasteiger partial charge in [-0.15, -0.1) is 0 Å². The molecular formula is C15H22N2O. The first-order valence-electron chi connectivity index (χ1n) is 6.68. The van der Waals surface area contributed by atoms with Crippen LogP contribution < -0.4 is 10.6 Å². The summed E-state index contributed by atoms with van der Waals surface area (Å²) >= 11 is 0. The van der Waals surface area contributed by atoms with Gasteiger partial charge in [0.25, 0.3) is 0 Å². The van der Waals surface area contributed by atoms with E-state index in [0.29, 0.717) is 5.92 Å². The third-order valence-electron chi connectivity index (χ3n) is 3.71. The molecule has 0 bridgehead atoms. The van der Waals surface area contributed by atoms with Gasteiger partial charge in [0.1, 0.15) is 0 Å². The third-order valence-corrected chi connectivity index (χ3v) is 3.71. The lowest BCUT2D eigenvalue weighted by Crippen LogP contribution is -2.47. The zero-order valence-corrected chi connectivity index (χ0v) is 11.4. The van der Waals surface area contributed by atoms with Crippen LogP contribution in [0.4, 0.5) is 5.69 Å². The van der Waals surface area contributed by atoms with Gasteiger partial charge < -0.3 is 10.6 Å². The fourth-order valence-electron chi connectivity index (χ4n) is 2.31. The lowest BCUT2D eigenvalue weighted by molar-refractivity contribution is -0.121. The highest BCUT2D eigenvalue weighted by Crippen LogP contribution is 2.22. The Morgan fingerprint density at radius 2 is 2.00 bits per heavy atom. The Hall–Kier alpha value is -1.35. The summed E-state index contributed by atoms with van der Waals surface area (Å²) in [4.78, 5) is 12.2. The molecule has 1 aliphatic rings. The van der Waals surface area contributed by atoms with E-state index in [1.54, 1.807) is 0 Å². The summed E-state index contributed by atoms with van der Waals surface area (Å²) in [6.45, 7) is 7.22. The van der Waals surface area contributed by atoms with Crippen LogP contribution in [0.3, 0.4) is 0 Å². The Balaban J connectivity index is 2.03. The van der Waals surface area contributed by atoms with Crippen LogP contribution in [-0.4, -0.2) is 18.0 Å². The van der Waals surface area contributed by atoms with E-state index in [2.05, 4.69) is 36.6 Å². The second-order valence-corrected chi connectivity index (χ2v) is 5.59. The maximum atomic E-state index is 12.2. The van der Waals surface area contributed by atoms with Crippen LogP contribution in [0.5, 0.6) is 0 Å². The number of benzene rings is 1. The minimum Gasteiger partial charge on any atom is -0.324 e. The van der Waals surface area contributed by atoms with E-state index in [1.165, 1.54) is 5.56 Å². The van der Waals surface area contributed by atoms with Crippen LogP contribution in [0.25, 0.3) is 0 Å². The molecule has 0 aliphatic carbocycles. The number of carbonyl (C=O) groups is 1. The van der Waals surface area contributed by atoms with Crippen LogP contribution in [0.15, 0.2) is 24.3 Å². The molecule has 1 saturated heterocycles. The average molecular weight is 246 g/mol. The van der Waals surface area contributed by atoms with Crippen molar-refractivity contribution in [1.29, 1.82) is 0 Å². The summed E-state index contributed by atoms with van der Waals surface area (Å²) in [5, 5.41) is 6.26. The zero-order valence-electron chi connectivity index (χ0n) is 11.4. The number of hydrogen-bond donors (Lipinski definition) is 2. The van der Waals surface area contributed by atoms with Crippen molar-refractivity contribution < 1.29 is 4.79 Å². The SMILES string of the molecule is CC(C)c1ccc(NC(=O)C2(C)CCCN2)cc1. The molecular weight excluding hydrogens is 224 g/mol. The molecule has 1 fully saturated rings. The highest BCUT2D eigenvalue weighted by Gasteiger charge is 2.35. The van der Waals surface area contributed by atoms with Gasteiger partial charge in [0.05, 0.1) is 5.54 Å². The van der Waals surface area contributed by atoms with E-state index in [0.717, 1.165) is 25.1 Å². The standard InChI is InChI=1S/C15H22N2O/c1-11(2)12-5-7-13(8-6-12)17-14(18)15(3)9-4-10-16-15/h5-8,11,16H,4,9-10H2,1-3H3,(H,17,18). The van der Waals surface area contributed by atoms with Gasteiger partial charge in [-0.25, -0.2) is 0 Å². The quantitative estimate of drug-likeness (QED) is 0.861. The van der Waals surface area contributed by atoms with Gasteiger partial charge in [-0.1, -0.05) is 26.0 Å². The lowest BCUT2D eigenvalue weighted by atomic mass is 9.99. The molecule has 18 heavy (non-hydrogen) atoms. The first-order valence-corrected chi connectivity index (χ1v) is 6.68. The molecule has 98 valence electrons. The minimum atomic E-state index is -0.406. The van der Waals surface area contributed by atoms with Crippen molar-refractivity contribution in [3.63, 3.8) is 0 Å². The smallest absolute Gasteiger partial charge is 0.244 e. The number of carbonyl (C=O) groups excluding carboxylic acids is 1. The molecule has 1 amide bonds. The predicted octanol–water partition coefficient (Wildman–Crippen LogP) is 2.89. The maximum absolute atomic E-state index is 12.2. The van der Waals surface area contributed by atoms with Gasteiger partial charge in [-0.2, -0.15) is 0 Å². The fraction of sp³-hybridized carbons (Fsp3) is 0.533. The Morgan fingerprint density at radius 3 is 2.50 bits per heavy atom. The summed E-state index contributed by atoms with van der Waals surface area (Å²) in [5.41, 5.74) is 1.76. The highest BCUT2D eigenvalue weighted by molar-refractivity contribution is 5.98. The predicted molar refractivity (Wildman–Crippen MR) is 74.8 cm³/mol. The molecule has 0 spiro atoms. The number of rotatable bonds is 3. The van der Waals surface area contributed by atoms with Gasteiger partial charge in [-0.3, -0.25) is 4.79 Å². The summed E-state index contributed by atoms with van der Waals surface area (Å²) < 4.78 is 0. The van der Waals surface area contributed by atoms with Gasteiger partial charge in [0, 0.05) is 5.69 Å². The van der Waals surface area contributed by atoms with Crippen LogP contribution in [0.2, 0.25) is 0 Å². The molecule has 3 nitrogen and oxygen atoms in total. The van der Waals surface area contributed by atoms with Gasteiger partial charge in [0.2, 0.25) is 5.91 Å². The Kier molecular flexibility index (Phi) is 3.71. The second-order valence-electron chi connectivity index (χ2n) is 5.59. The first-order chi connectivity index (χ1) is 8.51. The molecule has 1 aromatic rings. The minimum absolute atomic E-state index is 0.0669. The molecule has 2 rings (SSSR count). The number of amides is 1. The van der Waals surface area contributed by atoms with E-state index in [1.807, 2.05) is 19.1 Å². The van der Waals surface area contributed by atoms with Crippen molar-refractivity contribution in [3.05, 3.63) is 29.8 Å². The van der Waals surface area contributed by atoms with Gasteiger partial charge >= 0.3 is 0 Å². The molecule has 1 aromatic carbocycles. The van der Waals surface area contributed by atoms with Crippen molar-refractivity contribution in [2.24, 2.45) is 0 Å². The van der Waals surface area contributed by atoms with E-state index in [9.17, 15) is 4.79 Å². The van der Waals surface area contributed by atoms with E-state index < -0.39 is 5.54 Å². The highest BCUT2D eigenvalue weighted by atomic mass is 16.2. The molecule has 1 aliphatic heterocycles. The molecule has 3 heteroatoms. The summed E-state index contributed by atoms with van der Waals surface area (Å²) in [6, 6.07) is 8.10. The van der Waals surface area contributed by atoms with Crippen LogP contribution >= 0.6 is 0 Å². The average Bonchev–Trinajstić information content (AvgIpc) is 2.78. The number of anilines is 1. The fourth-order valence-corrected chi connectivity index (χ4v) is 2.31. The topological polar surface area (TPSA) is 41.1 Å².